The van der Waals surface area contributed by atoms with Crippen molar-refractivity contribution in [2.75, 3.05) is 18.8 Å². The van der Waals surface area contributed by atoms with Gasteiger partial charge in [-0.05, 0) is 62.8 Å². The van der Waals surface area contributed by atoms with Gasteiger partial charge in [-0.2, -0.15) is 0 Å². The number of aromatic nitrogens is 2. The molecule has 1 aromatic heterocycles. The third-order valence-corrected chi connectivity index (χ3v) is 14.1. The Labute approximate surface area is 412 Å². The number of nitrogens with zero attached hydrogens (tertiary/aromatic N) is 3. The van der Waals surface area contributed by atoms with Gasteiger partial charge in [0.1, 0.15) is 42.3 Å². The number of nitrogens with two attached hydrogens (primary N) is 4. The predicted molar refractivity (Wildman–Crippen MR) is 266 cm³/mol. The second-order valence-electron chi connectivity index (χ2n) is 17.0. The summed E-state index contributed by atoms with van der Waals surface area (Å²) in [7, 11) is 1.99. The third kappa shape index (κ3) is 17.8. The Morgan fingerprint density at radius 1 is 0.814 bits per heavy atom. The van der Waals surface area contributed by atoms with Gasteiger partial charge in [0.15, 0.2) is 11.9 Å². The first-order valence-electron chi connectivity index (χ1n) is 22.3. The summed E-state index contributed by atoms with van der Waals surface area (Å²) in [5.74, 6) is -7.32. The first-order chi connectivity index (χ1) is 33.1. The maximum absolute atomic E-state index is 14.5. The van der Waals surface area contributed by atoms with E-state index in [1.165, 1.54) is 26.4 Å². The fourth-order valence-corrected chi connectivity index (χ4v) is 9.99. The summed E-state index contributed by atoms with van der Waals surface area (Å²) in [6.07, 6.45) is 3.13. The van der Waals surface area contributed by atoms with Gasteiger partial charge in [-0.3, -0.25) is 43.5 Å². The first kappa shape index (κ1) is 55.5. The summed E-state index contributed by atoms with van der Waals surface area (Å²) in [6.45, 7) is 5.93. The van der Waals surface area contributed by atoms with Crippen molar-refractivity contribution in [2.24, 2.45) is 32.9 Å². The average Bonchev–Trinajstić information content (AvgIpc) is 3.81. The van der Waals surface area contributed by atoms with Gasteiger partial charge in [0.25, 0.3) is 0 Å². The van der Waals surface area contributed by atoms with Crippen LogP contribution >= 0.6 is 21.6 Å². The summed E-state index contributed by atoms with van der Waals surface area (Å²) < 4.78 is -1.31. The van der Waals surface area contributed by atoms with Crippen LogP contribution in [0.5, 0.6) is 0 Å². The molecule has 24 nitrogen and oxygen atoms in total. The summed E-state index contributed by atoms with van der Waals surface area (Å²) in [5.41, 5.74) is 23.0. The lowest BCUT2D eigenvalue weighted by molar-refractivity contribution is -0.143. The number of aliphatic carboxylic acids is 1. The molecule has 2 aromatic carbocycles. The van der Waals surface area contributed by atoms with Crippen molar-refractivity contribution in [2.45, 2.75) is 113 Å². The number of nitrogens with one attached hydrogen (secondary N) is 8. The van der Waals surface area contributed by atoms with Crippen molar-refractivity contribution in [3.63, 3.8) is 0 Å². The zero-order chi connectivity index (χ0) is 51.5. The Bertz CT molecular complexity index is 2390. The van der Waals surface area contributed by atoms with Gasteiger partial charge in [0.05, 0.1) is 11.1 Å². The number of carbonyl (C=O) groups excluding carboxylic acids is 7. The number of carboxylic acid groups (broad SMARTS) is 1. The molecular formula is C44H63N15O9S2. The molecule has 0 unspecified atom stereocenters. The van der Waals surface area contributed by atoms with E-state index in [0.717, 1.165) is 32.4 Å². The number of aromatic amines is 1. The van der Waals surface area contributed by atoms with E-state index in [0.29, 0.717) is 17.7 Å². The molecule has 70 heavy (non-hydrogen) atoms. The van der Waals surface area contributed by atoms with Crippen LogP contribution in [0.2, 0.25) is 0 Å². The van der Waals surface area contributed by atoms with Gasteiger partial charge >= 0.3 is 5.97 Å². The molecule has 4 rings (SSSR count). The molecule has 1 aliphatic rings. The van der Waals surface area contributed by atoms with Gasteiger partial charge in [-0.25, -0.2) is 9.78 Å². The normalized spacial score (nSPS) is 20.9. The minimum absolute atomic E-state index is 0.0560. The van der Waals surface area contributed by atoms with Crippen LogP contribution in [0.25, 0.3) is 10.8 Å². The molecule has 1 fully saturated rings. The van der Waals surface area contributed by atoms with E-state index < -0.39 is 94.4 Å². The molecule has 17 N–H and O–H groups in total. The number of fused-ring (bicyclic) bond motifs is 1. The highest BCUT2D eigenvalue weighted by Crippen LogP contribution is 2.39. The van der Waals surface area contributed by atoms with Crippen molar-refractivity contribution >= 4 is 91.6 Å². The van der Waals surface area contributed by atoms with Crippen molar-refractivity contribution < 1.29 is 43.5 Å². The fraction of sp³-hybridized carbons (Fsp3) is 0.477. The highest BCUT2D eigenvalue weighted by molar-refractivity contribution is 8.77. The topological polar surface area (TPSA) is 398 Å². The van der Waals surface area contributed by atoms with Gasteiger partial charge in [0.2, 0.25) is 41.4 Å². The highest BCUT2D eigenvalue weighted by atomic mass is 33.1. The zero-order valence-electron chi connectivity index (χ0n) is 39.3. The molecule has 0 spiro atoms. The van der Waals surface area contributed by atoms with Crippen molar-refractivity contribution in [1.29, 1.82) is 0 Å². The van der Waals surface area contributed by atoms with E-state index in [-0.39, 0.29) is 62.9 Å². The second-order valence-corrected chi connectivity index (χ2v) is 20.0. The Balaban J connectivity index is 1.73. The van der Waals surface area contributed by atoms with Crippen LogP contribution in [0.3, 0.4) is 0 Å². The van der Waals surface area contributed by atoms with Crippen molar-refractivity contribution in [3.05, 3.63) is 66.2 Å². The van der Waals surface area contributed by atoms with Gasteiger partial charge in [0, 0.05) is 50.5 Å². The number of hydrogen-bond donors (Lipinski definition) is 13. The average molecular weight is 1010 g/mol. The lowest BCUT2D eigenvalue weighted by atomic mass is 9.99. The van der Waals surface area contributed by atoms with E-state index in [9.17, 15) is 43.5 Å². The maximum Gasteiger partial charge on any atom is 0.327 e. The summed E-state index contributed by atoms with van der Waals surface area (Å²) in [6, 6.07) is 3.58. The lowest BCUT2D eigenvalue weighted by Gasteiger charge is -2.32. The molecule has 1 saturated heterocycles. The summed E-state index contributed by atoms with van der Waals surface area (Å²) in [4.78, 5) is 124. The van der Waals surface area contributed by atoms with E-state index in [1.807, 2.05) is 36.4 Å². The minimum Gasteiger partial charge on any atom is -0.480 e. The SMILES string of the molecule is CC(=O)N[C@@H](CCCN=C(N)N)C(=O)N[C@@H](C)C(=O)N[C@@H]1CSSC(C)(C)[C@H](C(=O)O)NC(=O)[C@H](Cc2cnc[nH]2)NC(=O)[C@H](Cc2ccc3ccccc3c2)NC(=O)[C@H](CCCN=C(N)N)NC1=O. The monoisotopic (exact) mass is 1010 g/mol. The lowest BCUT2D eigenvalue weighted by Crippen LogP contribution is -2.61. The molecule has 0 radical (unpaired) electrons. The van der Waals surface area contributed by atoms with Crippen LogP contribution < -0.4 is 60.2 Å². The Hall–Kier alpha value is -7.09. The summed E-state index contributed by atoms with van der Waals surface area (Å²) >= 11 is 0. The first-order valence-corrected chi connectivity index (χ1v) is 24.6. The number of H-pyrrole nitrogens is 1. The smallest absolute Gasteiger partial charge is 0.327 e. The molecule has 7 amide bonds. The fourth-order valence-electron chi connectivity index (χ4n) is 7.18. The number of carboxylic acids is 1. The zero-order valence-corrected chi connectivity index (χ0v) is 40.9. The van der Waals surface area contributed by atoms with Crippen molar-refractivity contribution in [3.8, 4) is 0 Å². The standard InChI is InChI=1S/C44H63N15O9S2/c1-23(53-36(62)29(54-24(2)60)11-7-15-50-42(45)46)35(61)58-33-21-69-70-44(3,4)34(41(67)68)59-39(65)32(19-28-20-49-22-52-28)57-38(64)31(18-25-13-14-26-9-5-6-10-27(26)17-25)56-37(63)30(55-40(33)66)12-8-16-51-43(47)48/h5-6,9-10,13-14,17,20,22-23,29-34H,7-8,11-12,15-16,18-19,21H2,1-4H3,(H,49,52)(H,53,62)(H,54,60)(H,55,66)(H,56,63)(H,57,64)(H,58,61)(H,59,65)(H,67,68)(H4,45,46,50)(H4,47,48,51)/t23-,29-,30-,31-,32-,33+,34-/m0/s1. The van der Waals surface area contributed by atoms with E-state index in [4.69, 9.17) is 22.9 Å². The summed E-state index contributed by atoms with van der Waals surface area (Å²) in [5, 5.41) is 30.7. The minimum atomic E-state index is -1.56. The molecule has 26 heteroatoms. The number of rotatable bonds is 18. The largest absolute Gasteiger partial charge is 0.480 e. The molecule has 380 valence electrons. The van der Waals surface area contributed by atoms with Gasteiger partial charge in [-0.1, -0.05) is 64.1 Å². The van der Waals surface area contributed by atoms with Gasteiger partial charge < -0.3 is 70.2 Å². The van der Waals surface area contributed by atoms with E-state index in [1.54, 1.807) is 19.9 Å². The molecule has 1 aliphatic heterocycles. The molecule has 7 atom stereocenters. The quantitative estimate of drug-likeness (QED) is 0.0288. The number of aliphatic imine (C=N–C) groups is 2. The van der Waals surface area contributed by atoms with E-state index >= 15 is 0 Å². The van der Waals surface area contributed by atoms with Crippen LogP contribution in [-0.2, 0) is 51.2 Å². The van der Waals surface area contributed by atoms with E-state index in [2.05, 4.69) is 57.2 Å². The number of benzene rings is 2. The van der Waals surface area contributed by atoms with Crippen LogP contribution in [0.4, 0.5) is 0 Å². The number of imidazole rings is 1. The predicted octanol–water partition coefficient (Wildman–Crippen LogP) is -1.85. The number of amides is 7. The molecule has 0 aliphatic carbocycles. The molecular weight excluding hydrogens is 947 g/mol. The Morgan fingerprint density at radius 2 is 1.43 bits per heavy atom. The molecule has 3 aromatic rings. The van der Waals surface area contributed by atoms with Gasteiger partial charge in [-0.15, -0.1) is 0 Å². The van der Waals surface area contributed by atoms with Crippen LogP contribution in [0.1, 0.15) is 64.6 Å². The second kappa shape index (κ2) is 26.6. The number of hydrogen-bond acceptors (Lipinski definition) is 13. The molecule has 0 bridgehead atoms. The number of guanidine groups is 2. The van der Waals surface area contributed by atoms with Crippen molar-refractivity contribution in [1.82, 2.24) is 47.2 Å². The molecule has 2 heterocycles. The highest BCUT2D eigenvalue weighted by Gasteiger charge is 2.41. The van der Waals surface area contributed by atoms with Crippen LogP contribution in [0, 0.1) is 0 Å². The third-order valence-electron chi connectivity index (χ3n) is 10.8. The molecule has 0 saturated carbocycles. The number of carbonyl (C=O) groups is 8. The van der Waals surface area contributed by atoms with Crippen LogP contribution in [-0.4, -0.2) is 140 Å². The maximum atomic E-state index is 14.5. The Morgan fingerprint density at radius 3 is 2.06 bits per heavy atom. The van der Waals surface area contributed by atoms with Crippen LogP contribution in [0.15, 0.2) is 65.0 Å². The Kier molecular flexibility index (Phi) is 21.1.